The van der Waals surface area contributed by atoms with Gasteiger partial charge >= 0.3 is 0 Å². The number of hydrogen-bond acceptors (Lipinski definition) is 6. The van der Waals surface area contributed by atoms with E-state index in [1.54, 1.807) is 18.7 Å². The second kappa shape index (κ2) is 7.16. The molecule has 0 saturated carbocycles. The Balaban J connectivity index is 1.43. The van der Waals surface area contributed by atoms with E-state index in [-0.39, 0.29) is 5.91 Å². The standard InChI is InChI=1S/C21H21N5O2/c27-21(17-3-1-2-15-12-22-6-4-16(15)17)26-7-5-18-19(13-26)23-14-24-20(18)25-8-10-28-11-9-25/h1-4,6,12,14H,5,7-11,13H2. The normalized spacial score (nSPS) is 16.9. The highest BCUT2D eigenvalue weighted by Crippen LogP contribution is 2.28. The van der Waals surface area contributed by atoms with Crippen LogP contribution in [0.1, 0.15) is 21.6 Å². The zero-order valence-electron chi connectivity index (χ0n) is 15.5. The quantitative estimate of drug-likeness (QED) is 0.683. The van der Waals surface area contributed by atoms with Crippen LogP contribution in [0.4, 0.5) is 5.82 Å². The van der Waals surface area contributed by atoms with Crippen LogP contribution >= 0.6 is 0 Å². The number of ether oxygens (including phenoxy) is 1. The topological polar surface area (TPSA) is 71.5 Å². The molecular weight excluding hydrogens is 354 g/mol. The molecule has 1 amide bonds. The highest BCUT2D eigenvalue weighted by molar-refractivity contribution is 6.06. The minimum absolute atomic E-state index is 0.0361. The molecule has 0 unspecified atom stereocenters. The summed E-state index contributed by atoms with van der Waals surface area (Å²) in [4.78, 5) is 30.6. The number of amides is 1. The van der Waals surface area contributed by atoms with E-state index in [1.165, 1.54) is 0 Å². The zero-order chi connectivity index (χ0) is 18.9. The maximum Gasteiger partial charge on any atom is 0.254 e. The number of nitrogens with zero attached hydrogens (tertiary/aromatic N) is 5. The Morgan fingerprint density at radius 3 is 2.86 bits per heavy atom. The molecule has 0 spiro atoms. The summed E-state index contributed by atoms with van der Waals surface area (Å²) in [6.07, 6.45) is 5.90. The van der Waals surface area contributed by atoms with Crippen LogP contribution in [0, 0.1) is 0 Å². The average Bonchev–Trinajstić information content (AvgIpc) is 2.78. The van der Waals surface area contributed by atoms with Crippen molar-refractivity contribution in [3.63, 3.8) is 0 Å². The fourth-order valence-corrected chi connectivity index (χ4v) is 4.04. The summed E-state index contributed by atoms with van der Waals surface area (Å²) in [6, 6.07) is 7.68. The number of morpholine rings is 1. The Kier molecular flexibility index (Phi) is 4.37. The summed E-state index contributed by atoms with van der Waals surface area (Å²) in [7, 11) is 0. The lowest BCUT2D eigenvalue weighted by Gasteiger charge is -2.33. The molecule has 7 heteroatoms. The molecular formula is C21H21N5O2. The number of rotatable bonds is 2. The molecule has 0 bridgehead atoms. The fourth-order valence-electron chi connectivity index (χ4n) is 4.04. The molecule has 142 valence electrons. The first-order valence-electron chi connectivity index (χ1n) is 9.59. The van der Waals surface area contributed by atoms with Gasteiger partial charge in [0.2, 0.25) is 0 Å². The smallest absolute Gasteiger partial charge is 0.254 e. The Morgan fingerprint density at radius 2 is 1.96 bits per heavy atom. The van der Waals surface area contributed by atoms with Crippen LogP contribution in [0.15, 0.2) is 43.0 Å². The number of pyridine rings is 1. The van der Waals surface area contributed by atoms with Crippen molar-refractivity contribution in [3.8, 4) is 0 Å². The van der Waals surface area contributed by atoms with Gasteiger partial charge in [-0.3, -0.25) is 9.78 Å². The maximum absolute atomic E-state index is 13.2. The first kappa shape index (κ1) is 17.1. The van der Waals surface area contributed by atoms with E-state index < -0.39 is 0 Å². The summed E-state index contributed by atoms with van der Waals surface area (Å²) >= 11 is 0. The van der Waals surface area contributed by atoms with Crippen LogP contribution in [-0.4, -0.2) is 58.6 Å². The molecule has 2 aliphatic heterocycles. The summed E-state index contributed by atoms with van der Waals surface area (Å²) < 4.78 is 5.46. The van der Waals surface area contributed by atoms with E-state index >= 15 is 0 Å². The molecule has 0 N–H and O–H groups in total. The Labute approximate surface area is 163 Å². The molecule has 2 aromatic heterocycles. The van der Waals surface area contributed by atoms with E-state index in [0.717, 1.165) is 60.6 Å². The highest BCUT2D eigenvalue weighted by atomic mass is 16.5. The lowest BCUT2D eigenvalue weighted by Crippen LogP contribution is -2.40. The van der Waals surface area contributed by atoms with E-state index in [4.69, 9.17) is 4.74 Å². The SMILES string of the molecule is O=C(c1cccc2cnccc12)N1CCc2c(ncnc2N2CCOCC2)C1. The van der Waals surface area contributed by atoms with Gasteiger partial charge in [-0.1, -0.05) is 12.1 Å². The highest BCUT2D eigenvalue weighted by Gasteiger charge is 2.27. The molecule has 0 atom stereocenters. The molecule has 28 heavy (non-hydrogen) atoms. The first-order chi connectivity index (χ1) is 13.8. The van der Waals surface area contributed by atoms with Crippen molar-refractivity contribution in [2.24, 2.45) is 0 Å². The van der Waals surface area contributed by atoms with Crippen LogP contribution in [0.25, 0.3) is 10.8 Å². The van der Waals surface area contributed by atoms with Crippen molar-refractivity contribution in [1.82, 2.24) is 19.9 Å². The lowest BCUT2D eigenvalue weighted by atomic mass is 10.0. The number of aromatic nitrogens is 3. The summed E-state index contributed by atoms with van der Waals surface area (Å²) in [5, 5.41) is 1.91. The molecule has 0 radical (unpaired) electrons. The van der Waals surface area contributed by atoms with Gasteiger partial charge in [0.05, 0.1) is 25.5 Å². The third-order valence-corrected chi connectivity index (χ3v) is 5.49. The second-order valence-electron chi connectivity index (χ2n) is 7.10. The molecule has 3 aromatic rings. The fraction of sp³-hybridized carbons (Fsp3) is 0.333. The minimum atomic E-state index is 0.0361. The van der Waals surface area contributed by atoms with Gasteiger partial charge in [0, 0.05) is 48.5 Å². The number of fused-ring (bicyclic) bond motifs is 2. The largest absolute Gasteiger partial charge is 0.378 e. The summed E-state index contributed by atoms with van der Waals surface area (Å²) in [5.41, 5.74) is 2.82. The van der Waals surface area contributed by atoms with Crippen LogP contribution < -0.4 is 4.90 Å². The van der Waals surface area contributed by atoms with Gasteiger partial charge in [0.1, 0.15) is 12.1 Å². The van der Waals surface area contributed by atoms with Crippen molar-refractivity contribution in [1.29, 1.82) is 0 Å². The second-order valence-corrected chi connectivity index (χ2v) is 7.10. The van der Waals surface area contributed by atoms with Crippen molar-refractivity contribution >= 4 is 22.5 Å². The average molecular weight is 375 g/mol. The number of carbonyl (C=O) groups is 1. The van der Waals surface area contributed by atoms with Gasteiger partial charge in [-0.15, -0.1) is 0 Å². The summed E-state index contributed by atoms with van der Waals surface area (Å²) in [6.45, 7) is 4.30. The molecule has 5 rings (SSSR count). The van der Waals surface area contributed by atoms with Gasteiger partial charge in [-0.25, -0.2) is 9.97 Å². The van der Waals surface area contributed by atoms with E-state index in [2.05, 4.69) is 19.9 Å². The van der Waals surface area contributed by atoms with Gasteiger partial charge in [0.15, 0.2) is 0 Å². The van der Waals surface area contributed by atoms with E-state index in [0.29, 0.717) is 18.7 Å². The predicted molar refractivity (Wildman–Crippen MR) is 105 cm³/mol. The van der Waals surface area contributed by atoms with Crippen molar-refractivity contribution in [3.05, 3.63) is 59.8 Å². The van der Waals surface area contributed by atoms with Gasteiger partial charge in [-0.05, 0) is 23.9 Å². The zero-order valence-corrected chi connectivity index (χ0v) is 15.5. The van der Waals surface area contributed by atoms with Gasteiger partial charge in [0.25, 0.3) is 5.91 Å². The molecule has 4 heterocycles. The van der Waals surface area contributed by atoms with Crippen LogP contribution in [0.2, 0.25) is 0 Å². The van der Waals surface area contributed by atoms with Crippen molar-refractivity contribution in [2.75, 3.05) is 37.7 Å². The predicted octanol–water partition coefficient (Wildman–Crippen LogP) is 2.06. The minimum Gasteiger partial charge on any atom is -0.378 e. The molecule has 1 saturated heterocycles. The number of benzene rings is 1. The monoisotopic (exact) mass is 375 g/mol. The van der Waals surface area contributed by atoms with E-state index in [9.17, 15) is 4.79 Å². The summed E-state index contributed by atoms with van der Waals surface area (Å²) in [5.74, 6) is 1.03. The molecule has 7 nitrogen and oxygen atoms in total. The number of anilines is 1. The number of hydrogen-bond donors (Lipinski definition) is 0. The molecule has 1 aromatic carbocycles. The van der Waals surface area contributed by atoms with Gasteiger partial charge < -0.3 is 14.5 Å². The Hall–Kier alpha value is -3.06. The third kappa shape index (κ3) is 2.97. The molecule has 0 aliphatic carbocycles. The van der Waals surface area contributed by atoms with Crippen LogP contribution in [-0.2, 0) is 17.7 Å². The van der Waals surface area contributed by atoms with E-state index in [1.807, 2.05) is 29.2 Å². The molecule has 2 aliphatic rings. The van der Waals surface area contributed by atoms with Crippen molar-refractivity contribution < 1.29 is 9.53 Å². The lowest BCUT2D eigenvalue weighted by molar-refractivity contribution is 0.0733. The number of carbonyl (C=O) groups excluding carboxylic acids is 1. The maximum atomic E-state index is 13.2. The van der Waals surface area contributed by atoms with Crippen molar-refractivity contribution in [2.45, 2.75) is 13.0 Å². The Bertz CT molecular complexity index is 1030. The first-order valence-corrected chi connectivity index (χ1v) is 9.59. The molecule has 1 fully saturated rings. The third-order valence-electron chi connectivity index (χ3n) is 5.49. The van der Waals surface area contributed by atoms with Crippen LogP contribution in [0.3, 0.4) is 0 Å². The Morgan fingerprint density at radius 1 is 1.07 bits per heavy atom. The van der Waals surface area contributed by atoms with Crippen LogP contribution in [0.5, 0.6) is 0 Å². The van der Waals surface area contributed by atoms with Gasteiger partial charge in [-0.2, -0.15) is 0 Å².